The number of aromatic nitrogens is 2. The first-order valence-corrected chi connectivity index (χ1v) is 10.3. The summed E-state index contributed by atoms with van der Waals surface area (Å²) in [7, 11) is 1.55. The predicted molar refractivity (Wildman–Crippen MR) is 114 cm³/mol. The number of halogens is 2. The number of carbonyl (C=O) groups is 1. The van der Waals surface area contributed by atoms with Crippen LogP contribution in [-0.4, -0.2) is 41.1 Å². The van der Waals surface area contributed by atoms with Crippen LogP contribution in [-0.2, 0) is 11.3 Å². The lowest BCUT2D eigenvalue weighted by Crippen LogP contribution is -2.38. The van der Waals surface area contributed by atoms with E-state index in [-0.39, 0.29) is 17.6 Å². The van der Waals surface area contributed by atoms with Crippen molar-refractivity contribution in [3.05, 3.63) is 59.1 Å². The highest BCUT2D eigenvalue weighted by Crippen LogP contribution is 2.28. The molecule has 0 spiro atoms. The van der Waals surface area contributed by atoms with E-state index in [0.29, 0.717) is 40.3 Å². The Morgan fingerprint density at radius 2 is 2.00 bits per heavy atom. The van der Waals surface area contributed by atoms with Crippen LogP contribution in [0.15, 0.2) is 47.0 Å². The van der Waals surface area contributed by atoms with Crippen molar-refractivity contribution in [2.24, 2.45) is 5.92 Å². The fraction of sp³-hybridized carbons (Fsp3) is 0.318. The van der Waals surface area contributed by atoms with E-state index in [4.69, 9.17) is 20.9 Å². The zero-order chi connectivity index (χ0) is 21.8. The van der Waals surface area contributed by atoms with Crippen LogP contribution in [0.1, 0.15) is 18.7 Å². The van der Waals surface area contributed by atoms with Crippen LogP contribution in [0.5, 0.6) is 5.75 Å². The smallest absolute Gasteiger partial charge is 0.257 e. The minimum Gasteiger partial charge on any atom is -0.495 e. The average Bonchev–Trinajstić information content (AvgIpc) is 3.23. The third-order valence-electron chi connectivity index (χ3n) is 5.30. The maximum atomic E-state index is 13.1. The van der Waals surface area contributed by atoms with E-state index in [9.17, 15) is 9.18 Å². The lowest BCUT2D eigenvalue weighted by molar-refractivity contribution is -0.121. The van der Waals surface area contributed by atoms with Crippen LogP contribution in [0.25, 0.3) is 11.5 Å². The highest BCUT2D eigenvalue weighted by Gasteiger charge is 2.26. The Labute approximate surface area is 184 Å². The molecule has 0 atom stereocenters. The molecule has 1 fully saturated rings. The van der Waals surface area contributed by atoms with E-state index >= 15 is 0 Å². The van der Waals surface area contributed by atoms with Crippen molar-refractivity contribution in [3.63, 3.8) is 0 Å². The summed E-state index contributed by atoms with van der Waals surface area (Å²) in [5, 5.41) is 7.40. The van der Waals surface area contributed by atoms with Gasteiger partial charge < -0.3 is 14.6 Å². The number of amides is 1. The van der Waals surface area contributed by atoms with Crippen LogP contribution in [0.2, 0.25) is 5.02 Å². The second-order valence-electron chi connectivity index (χ2n) is 7.41. The van der Waals surface area contributed by atoms with E-state index in [1.165, 1.54) is 12.1 Å². The van der Waals surface area contributed by atoms with Gasteiger partial charge in [-0.15, -0.1) is 0 Å². The van der Waals surface area contributed by atoms with Crippen molar-refractivity contribution in [1.82, 2.24) is 15.0 Å². The van der Waals surface area contributed by atoms with Crippen LogP contribution in [0.4, 0.5) is 10.1 Å². The van der Waals surface area contributed by atoms with Crippen molar-refractivity contribution >= 4 is 23.2 Å². The molecule has 1 aliphatic rings. The molecule has 0 aliphatic carbocycles. The summed E-state index contributed by atoms with van der Waals surface area (Å²) in [4.78, 5) is 19.2. The summed E-state index contributed by atoms with van der Waals surface area (Å²) in [6, 6.07) is 11.1. The van der Waals surface area contributed by atoms with Crippen molar-refractivity contribution in [2.45, 2.75) is 19.4 Å². The molecule has 1 amide bonds. The second kappa shape index (κ2) is 9.45. The molecule has 0 unspecified atom stereocenters. The Morgan fingerprint density at radius 1 is 1.26 bits per heavy atom. The first kappa shape index (κ1) is 21.3. The van der Waals surface area contributed by atoms with Crippen LogP contribution >= 0.6 is 11.6 Å². The van der Waals surface area contributed by atoms with Gasteiger partial charge in [0.25, 0.3) is 5.89 Å². The topological polar surface area (TPSA) is 80.5 Å². The molecule has 1 aliphatic heterocycles. The molecule has 2 heterocycles. The largest absolute Gasteiger partial charge is 0.495 e. The Hall–Kier alpha value is -2.97. The summed E-state index contributed by atoms with van der Waals surface area (Å²) < 4.78 is 23.5. The molecule has 0 saturated carbocycles. The van der Waals surface area contributed by atoms with Crippen LogP contribution in [0.3, 0.4) is 0 Å². The SMILES string of the molecule is COc1ccc(NC(=O)C2CCN(Cc3noc(-c4ccc(F)cc4)n3)CC2)cc1Cl. The Balaban J connectivity index is 1.28. The number of ether oxygens (including phenoxy) is 1. The molecule has 1 N–H and O–H groups in total. The van der Waals surface area contributed by atoms with Gasteiger partial charge in [-0.2, -0.15) is 4.98 Å². The Bertz CT molecular complexity index is 1050. The average molecular weight is 445 g/mol. The summed E-state index contributed by atoms with van der Waals surface area (Å²) in [5.74, 6) is 1.09. The van der Waals surface area contributed by atoms with Crippen LogP contribution < -0.4 is 10.1 Å². The quantitative estimate of drug-likeness (QED) is 0.607. The molecule has 4 rings (SSSR count). The van der Waals surface area contributed by atoms with Crippen molar-refractivity contribution in [1.29, 1.82) is 0 Å². The van der Waals surface area contributed by atoms with Gasteiger partial charge in [-0.25, -0.2) is 4.39 Å². The first-order valence-electron chi connectivity index (χ1n) is 9.97. The van der Waals surface area contributed by atoms with E-state index < -0.39 is 0 Å². The van der Waals surface area contributed by atoms with E-state index in [0.717, 1.165) is 25.9 Å². The summed E-state index contributed by atoms with van der Waals surface area (Å²) in [6.07, 6.45) is 1.47. The second-order valence-corrected chi connectivity index (χ2v) is 7.82. The van der Waals surface area contributed by atoms with E-state index in [1.54, 1.807) is 37.4 Å². The van der Waals surface area contributed by atoms with Gasteiger partial charge in [-0.05, 0) is 68.4 Å². The van der Waals surface area contributed by atoms with Crippen LogP contribution in [0, 0.1) is 11.7 Å². The first-order chi connectivity index (χ1) is 15.0. The van der Waals surface area contributed by atoms with Crippen molar-refractivity contribution in [3.8, 4) is 17.2 Å². The molecule has 1 saturated heterocycles. The number of benzene rings is 2. The number of hydrogen-bond acceptors (Lipinski definition) is 6. The summed E-state index contributed by atoms with van der Waals surface area (Å²) in [5.41, 5.74) is 1.33. The minimum atomic E-state index is -0.314. The van der Waals surface area contributed by atoms with Gasteiger partial charge in [0.15, 0.2) is 5.82 Å². The molecular formula is C22H22ClFN4O3. The van der Waals surface area contributed by atoms with E-state index in [2.05, 4.69) is 20.4 Å². The zero-order valence-electron chi connectivity index (χ0n) is 17.0. The Morgan fingerprint density at radius 3 is 2.68 bits per heavy atom. The van der Waals surface area contributed by atoms with Gasteiger partial charge in [-0.3, -0.25) is 9.69 Å². The minimum absolute atomic E-state index is 0.0148. The lowest BCUT2D eigenvalue weighted by atomic mass is 9.96. The molecule has 31 heavy (non-hydrogen) atoms. The normalized spacial score (nSPS) is 15.1. The fourth-order valence-electron chi connectivity index (χ4n) is 3.57. The van der Waals surface area contributed by atoms with Gasteiger partial charge in [-0.1, -0.05) is 16.8 Å². The number of anilines is 1. The molecule has 7 nitrogen and oxygen atoms in total. The third kappa shape index (κ3) is 5.21. The van der Waals surface area contributed by atoms with Gasteiger partial charge in [0, 0.05) is 17.2 Å². The number of nitrogens with zero attached hydrogens (tertiary/aromatic N) is 3. The summed E-state index contributed by atoms with van der Waals surface area (Å²) in [6.45, 7) is 2.04. The predicted octanol–water partition coefficient (Wildman–Crippen LogP) is 4.39. The molecule has 3 aromatic rings. The highest BCUT2D eigenvalue weighted by atomic mass is 35.5. The van der Waals surface area contributed by atoms with Gasteiger partial charge in [0.05, 0.1) is 18.7 Å². The Kier molecular flexibility index (Phi) is 6.48. The monoisotopic (exact) mass is 444 g/mol. The third-order valence-corrected chi connectivity index (χ3v) is 5.60. The lowest BCUT2D eigenvalue weighted by Gasteiger charge is -2.30. The number of rotatable bonds is 6. The maximum absolute atomic E-state index is 13.1. The number of carbonyl (C=O) groups excluding carboxylic acids is 1. The number of nitrogens with one attached hydrogen (secondary N) is 1. The van der Waals surface area contributed by atoms with Gasteiger partial charge in [0.2, 0.25) is 5.91 Å². The zero-order valence-corrected chi connectivity index (χ0v) is 17.7. The number of hydrogen-bond donors (Lipinski definition) is 1. The molecule has 0 radical (unpaired) electrons. The number of likely N-dealkylation sites (tertiary alicyclic amines) is 1. The highest BCUT2D eigenvalue weighted by molar-refractivity contribution is 6.32. The summed E-state index contributed by atoms with van der Waals surface area (Å²) >= 11 is 6.12. The fourth-order valence-corrected chi connectivity index (χ4v) is 3.83. The van der Waals surface area contributed by atoms with Gasteiger partial charge in [0.1, 0.15) is 11.6 Å². The molecular weight excluding hydrogens is 423 g/mol. The molecule has 9 heteroatoms. The number of methoxy groups -OCH3 is 1. The van der Waals surface area contributed by atoms with Crippen molar-refractivity contribution in [2.75, 3.05) is 25.5 Å². The van der Waals surface area contributed by atoms with Gasteiger partial charge >= 0.3 is 0 Å². The number of piperidine rings is 1. The van der Waals surface area contributed by atoms with Crippen molar-refractivity contribution < 1.29 is 18.4 Å². The maximum Gasteiger partial charge on any atom is 0.257 e. The standard InChI is InChI=1S/C22H22ClFN4O3/c1-30-19-7-6-17(12-18(19)23)25-21(29)14-8-10-28(11-9-14)13-20-26-22(31-27-20)15-2-4-16(24)5-3-15/h2-7,12,14H,8-11,13H2,1H3,(H,25,29). The molecule has 0 bridgehead atoms. The molecule has 2 aromatic carbocycles. The molecule has 162 valence electrons. The van der Waals surface area contributed by atoms with E-state index in [1.807, 2.05) is 0 Å². The molecule has 1 aromatic heterocycles.